The summed E-state index contributed by atoms with van der Waals surface area (Å²) in [4.78, 5) is 68.0. The number of rotatable bonds is 10. The van der Waals surface area contributed by atoms with Gasteiger partial charge in [0.2, 0.25) is 17.8 Å². The number of hydrogen-bond donors (Lipinski definition) is 1. The van der Waals surface area contributed by atoms with Crippen LogP contribution in [-0.4, -0.2) is 95.3 Å². The molecule has 9 rings (SSSR count). The molecule has 0 radical (unpaired) electrons. The minimum absolute atomic E-state index is 0.0972. The van der Waals surface area contributed by atoms with Crippen LogP contribution in [0.3, 0.4) is 0 Å². The van der Waals surface area contributed by atoms with Gasteiger partial charge in [0.05, 0.1) is 28.5 Å². The number of imide groups is 2. The van der Waals surface area contributed by atoms with Crippen molar-refractivity contribution in [2.75, 3.05) is 55.6 Å². The van der Waals surface area contributed by atoms with Crippen molar-refractivity contribution < 1.29 is 23.9 Å². The molecular weight excluding hydrogens is 768 g/mol. The number of likely N-dealkylation sites (tertiary alicyclic amines) is 1. The molecule has 1 spiro atoms. The summed E-state index contributed by atoms with van der Waals surface area (Å²) in [5.74, 6) is 0.0584. The predicted molar refractivity (Wildman–Crippen MR) is 220 cm³/mol. The fourth-order valence-electron chi connectivity index (χ4n) is 9.37. The first-order chi connectivity index (χ1) is 28.4. The molecule has 5 aliphatic heterocycles. The van der Waals surface area contributed by atoms with Gasteiger partial charge in [-0.1, -0.05) is 37.6 Å². The molecule has 4 amide bonds. The largest absolute Gasteiger partial charge is 0.487 e. The van der Waals surface area contributed by atoms with E-state index in [2.05, 4.69) is 44.9 Å². The van der Waals surface area contributed by atoms with Gasteiger partial charge < -0.3 is 19.4 Å². The molecule has 0 bridgehead atoms. The number of benzene rings is 3. The van der Waals surface area contributed by atoms with Gasteiger partial charge in [-0.15, -0.1) is 0 Å². The monoisotopic (exact) mass is 812 g/mol. The first-order valence-corrected chi connectivity index (χ1v) is 20.6. The number of halogens is 1. The van der Waals surface area contributed by atoms with Gasteiger partial charge in [0.25, 0.3) is 11.8 Å². The van der Waals surface area contributed by atoms with Crippen LogP contribution in [0.2, 0.25) is 5.02 Å². The van der Waals surface area contributed by atoms with Gasteiger partial charge in [0.15, 0.2) is 0 Å². The molecule has 1 atom stereocenters. The summed E-state index contributed by atoms with van der Waals surface area (Å²) >= 11 is 6.30. The topological polar surface area (TPSA) is 152 Å². The third-order valence-corrected chi connectivity index (χ3v) is 13.1. The van der Waals surface area contributed by atoms with Crippen molar-refractivity contribution in [1.82, 2.24) is 25.1 Å². The van der Waals surface area contributed by atoms with E-state index in [4.69, 9.17) is 21.3 Å². The van der Waals surface area contributed by atoms with E-state index in [1.54, 1.807) is 24.4 Å². The van der Waals surface area contributed by atoms with Crippen molar-refractivity contribution in [2.24, 2.45) is 11.3 Å². The molecule has 1 unspecified atom stereocenters. The first kappa shape index (κ1) is 38.7. The van der Waals surface area contributed by atoms with Crippen LogP contribution in [0.15, 0.2) is 72.9 Å². The van der Waals surface area contributed by atoms with Crippen LogP contribution >= 0.6 is 11.6 Å². The van der Waals surface area contributed by atoms with E-state index in [1.807, 2.05) is 48.5 Å². The van der Waals surface area contributed by atoms with Crippen LogP contribution in [-0.2, 0) is 21.6 Å². The second-order valence-corrected chi connectivity index (χ2v) is 17.7. The van der Waals surface area contributed by atoms with Gasteiger partial charge >= 0.3 is 0 Å². The molecule has 302 valence electrons. The summed E-state index contributed by atoms with van der Waals surface area (Å²) < 4.78 is 6.14. The van der Waals surface area contributed by atoms with Gasteiger partial charge in [0.1, 0.15) is 18.4 Å². The number of piperidine rings is 2. The van der Waals surface area contributed by atoms with Crippen molar-refractivity contribution in [3.05, 3.63) is 111 Å². The zero-order valence-electron chi connectivity index (χ0n) is 33.1. The highest BCUT2D eigenvalue weighted by molar-refractivity contribution is 6.30. The SMILES string of the molecule is CC(C)(c1ccc(OCc2ccnc(N3CCC4(CC3)CN(CC3CN(c5ccc6c(c5)C(=O)N(C5CCC(=O)NC5=O)C6=O)C3)C4)n2)cc1)c1cc(Cl)cc(C#N)c1. The van der Waals surface area contributed by atoms with E-state index >= 15 is 0 Å². The maximum atomic E-state index is 13.3. The summed E-state index contributed by atoms with van der Waals surface area (Å²) in [6.45, 7) is 11.4. The van der Waals surface area contributed by atoms with E-state index in [0.29, 0.717) is 39.7 Å². The second kappa shape index (κ2) is 15.1. The Kier molecular flexibility index (Phi) is 9.88. The van der Waals surface area contributed by atoms with Gasteiger partial charge in [-0.25, -0.2) is 9.97 Å². The number of nitrogens with zero attached hydrogens (tertiary/aromatic N) is 7. The van der Waals surface area contributed by atoms with E-state index < -0.39 is 23.8 Å². The van der Waals surface area contributed by atoms with E-state index in [0.717, 1.165) is 97.8 Å². The maximum absolute atomic E-state index is 13.3. The molecular formula is C45H45ClN8O5. The molecule has 3 aromatic carbocycles. The Morgan fingerprint density at radius 2 is 1.66 bits per heavy atom. The summed E-state index contributed by atoms with van der Waals surface area (Å²) in [7, 11) is 0. The molecule has 0 saturated carbocycles. The zero-order valence-corrected chi connectivity index (χ0v) is 33.9. The van der Waals surface area contributed by atoms with Crippen LogP contribution in [0.4, 0.5) is 11.6 Å². The Bertz CT molecular complexity index is 2390. The van der Waals surface area contributed by atoms with E-state index in [1.165, 1.54) is 0 Å². The smallest absolute Gasteiger partial charge is 0.262 e. The zero-order chi connectivity index (χ0) is 41.1. The fourth-order valence-corrected chi connectivity index (χ4v) is 9.60. The lowest BCUT2D eigenvalue weighted by Gasteiger charge is -2.56. The molecule has 14 heteroatoms. The van der Waals surface area contributed by atoms with Crippen LogP contribution in [0, 0.1) is 22.7 Å². The Labute approximate surface area is 347 Å². The number of hydrogen-bond acceptors (Lipinski definition) is 11. The Hall–Kier alpha value is -5.84. The summed E-state index contributed by atoms with van der Waals surface area (Å²) in [6, 6.07) is 21.9. The van der Waals surface area contributed by atoms with Crippen molar-refractivity contribution in [1.29, 1.82) is 5.26 Å². The molecule has 4 saturated heterocycles. The third kappa shape index (κ3) is 7.40. The number of aromatic nitrogens is 2. The number of nitrogens with one attached hydrogen (secondary N) is 1. The third-order valence-electron chi connectivity index (χ3n) is 12.9. The summed E-state index contributed by atoms with van der Waals surface area (Å²) in [5.41, 5.74) is 4.92. The maximum Gasteiger partial charge on any atom is 0.262 e. The first-order valence-electron chi connectivity index (χ1n) is 20.2. The number of carbonyl (C=O) groups is 4. The average Bonchev–Trinajstić information content (AvgIpc) is 3.45. The van der Waals surface area contributed by atoms with Gasteiger partial charge in [-0.3, -0.25) is 29.4 Å². The minimum Gasteiger partial charge on any atom is -0.487 e. The lowest BCUT2D eigenvalue weighted by Crippen LogP contribution is -2.63. The average molecular weight is 813 g/mol. The van der Waals surface area contributed by atoms with Crippen LogP contribution in [0.1, 0.15) is 82.6 Å². The molecule has 6 heterocycles. The van der Waals surface area contributed by atoms with Crippen molar-refractivity contribution in [3.8, 4) is 11.8 Å². The Morgan fingerprint density at radius 3 is 2.39 bits per heavy atom. The predicted octanol–water partition coefficient (Wildman–Crippen LogP) is 5.35. The fraction of sp³-hybridized carbons (Fsp3) is 0.400. The molecule has 1 N–H and O–H groups in total. The molecule has 1 aromatic heterocycles. The lowest BCUT2D eigenvalue weighted by atomic mass is 9.71. The summed E-state index contributed by atoms with van der Waals surface area (Å²) in [6.07, 6.45) is 4.24. The molecule has 4 aromatic rings. The molecule has 0 aliphatic carbocycles. The summed E-state index contributed by atoms with van der Waals surface area (Å²) in [5, 5.41) is 12.2. The Balaban J connectivity index is 0.722. The van der Waals surface area contributed by atoms with Gasteiger partial charge in [-0.2, -0.15) is 5.26 Å². The molecule has 13 nitrogen and oxygen atoms in total. The number of anilines is 2. The molecule has 4 fully saturated rings. The van der Waals surface area contributed by atoms with Gasteiger partial charge in [-0.05, 0) is 90.4 Å². The minimum atomic E-state index is -0.964. The van der Waals surface area contributed by atoms with Crippen LogP contribution in [0.5, 0.6) is 5.75 Å². The standard InChI is InChI=1S/C45H45ClN8O5/c1-44(2,31-17-28(21-47)18-32(46)19-31)30-3-6-35(7-4-30)59-25-33-11-14-48-43(49-33)52-15-12-45(13-16-52)26-51(27-45)22-29-23-53(24-29)34-5-8-36-37(20-34)42(58)54(41(36)57)38-9-10-39(55)50-40(38)56/h3-8,11,14,17-20,29,38H,9-10,12-13,15-16,22-27H2,1-2H3,(H,50,55,56). The second-order valence-electron chi connectivity index (χ2n) is 17.2. The highest BCUT2D eigenvalue weighted by Gasteiger charge is 2.47. The molecule has 5 aliphatic rings. The number of nitriles is 1. The number of fused-ring (bicyclic) bond motifs is 1. The van der Waals surface area contributed by atoms with Crippen LogP contribution < -0.4 is 19.9 Å². The van der Waals surface area contributed by atoms with Crippen LogP contribution in [0.25, 0.3) is 0 Å². The van der Waals surface area contributed by atoms with Crippen molar-refractivity contribution in [3.63, 3.8) is 0 Å². The highest BCUT2D eigenvalue weighted by Crippen LogP contribution is 2.42. The van der Waals surface area contributed by atoms with Crippen molar-refractivity contribution >= 4 is 46.9 Å². The van der Waals surface area contributed by atoms with E-state index in [-0.39, 0.29) is 24.2 Å². The van der Waals surface area contributed by atoms with Gasteiger partial charge in [0, 0.05) is 80.5 Å². The lowest BCUT2D eigenvalue weighted by molar-refractivity contribution is -0.136. The highest BCUT2D eigenvalue weighted by atomic mass is 35.5. The Morgan fingerprint density at radius 1 is 0.915 bits per heavy atom. The number of ether oxygens (including phenoxy) is 1. The molecule has 59 heavy (non-hydrogen) atoms. The normalized spacial score (nSPS) is 20.6. The number of amides is 4. The van der Waals surface area contributed by atoms with E-state index in [9.17, 15) is 24.4 Å². The number of carbonyl (C=O) groups excluding carboxylic acids is 4. The quantitative estimate of drug-likeness (QED) is 0.207. The van der Waals surface area contributed by atoms with Crippen molar-refractivity contribution in [2.45, 2.75) is 57.6 Å².